The van der Waals surface area contributed by atoms with E-state index in [0.29, 0.717) is 0 Å². The van der Waals surface area contributed by atoms with Crippen molar-refractivity contribution in [1.29, 1.82) is 0 Å². The second-order valence-corrected chi connectivity index (χ2v) is 3.53. The number of rotatable bonds is 0. The molecule has 0 aliphatic rings. The Morgan fingerprint density at radius 3 is 3.09 bits per heavy atom. The van der Waals surface area contributed by atoms with E-state index in [-0.39, 0.29) is 0 Å². The second kappa shape index (κ2) is 2.54. The summed E-state index contributed by atoms with van der Waals surface area (Å²) in [6.07, 6.45) is 1.71. The fraction of sp³-hybridized carbons (Fsp3) is 0. The van der Waals surface area contributed by atoms with Crippen LogP contribution in [0.3, 0.4) is 0 Å². The van der Waals surface area contributed by atoms with Gasteiger partial charge < -0.3 is 0 Å². The van der Waals surface area contributed by atoms with Gasteiger partial charge in [0.05, 0.1) is 5.52 Å². The molecule has 1 aromatic carbocycles. The van der Waals surface area contributed by atoms with Gasteiger partial charge in [-0.3, -0.25) is 4.09 Å². The summed E-state index contributed by atoms with van der Waals surface area (Å²) >= 11 is 9.16. The Balaban J connectivity index is 2.86. The first-order chi connectivity index (χ1) is 5.27. The van der Waals surface area contributed by atoms with Crippen LogP contribution in [0.5, 0.6) is 0 Å². The number of fused-ring (bicyclic) bond motifs is 1. The van der Waals surface area contributed by atoms with Crippen LogP contribution in [0.4, 0.5) is 0 Å². The molecular formula is C8H4BrClN. The first-order valence-corrected chi connectivity index (χ1v) is 4.25. The van der Waals surface area contributed by atoms with E-state index in [2.05, 4.69) is 22.0 Å². The van der Waals surface area contributed by atoms with Crippen molar-refractivity contribution in [2.75, 3.05) is 0 Å². The largest absolute Gasteiger partial charge is 0.260 e. The standard InChI is InChI=1S/C8H4BrClN/c9-7-1-2-8-6(5-7)3-4-11(8)10/h1-2,4-5H. The van der Waals surface area contributed by atoms with Gasteiger partial charge in [-0.25, -0.2) is 0 Å². The van der Waals surface area contributed by atoms with E-state index < -0.39 is 0 Å². The molecule has 2 aromatic rings. The average Bonchev–Trinajstić information content (AvgIpc) is 2.32. The zero-order valence-corrected chi connectivity index (χ0v) is 7.85. The molecule has 0 N–H and O–H groups in total. The molecule has 1 heterocycles. The molecule has 2 rings (SSSR count). The van der Waals surface area contributed by atoms with E-state index >= 15 is 0 Å². The molecule has 0 amide bonds. The van der Waals surface area contributed by atoms with E-state index in [1.165, 1.54) is 4.09 Å². The maximum atomic E-state index is 5.80. The summed E-state index contributed by atoms with van der Waals surface area (Å²) < 4.78 is 2.58. The molecule has 0 aliphatic carbocycles. The van der Waals surface area contributed by atoms with Crippen LogP contribution in [0.2, 0.25) is 0 Å². The maximum absolute atomic E-state index is 5.80. The third kappa shape index (κ3) is 1.17. The number of benzene rings is 1. The van der Waals surface area contributed by atoms with Crippen LogP contribution in [0.1, 0.15) is 0 Å². The zero-order chi connectivity index (χ0) is 7.84. The quantitative estimate of drug-likeness (QED) is 0.654. The highest BCUT2D eigenvalue weighted by Crippen LogP contribution is 2.20. The van der Waals surface area contributed by atoms with Crippen LogP contribution in [0.25, 0.3) is 10.9 Å². The molecule has 55 valence electrons. The first kappa shape index (κ1) is 7.19. The lowest BCUT2D eigenvalue weighted by molar-refractivity contribution is 1.32. The Morgan fingerprint density at radius 2 is 2.27 bits per heavy atom. The van der Waals surface area contributed by atoms with E-state index in [9.17, 15) is 0 Å². The molecule has 0 saturated carbocycles. The summed E-state index contributed by atoms with van der Waals surface area (Å²) in [6.45, 7) is 0. The highest BCUT2D eigenvalue weighted by molar-refractivity contribution is 9.10. The SMILES string of the molecule is Cln1c[c]c2cc(Br)ccc21. The van der Waals surface area contributed by atoms with E-state index in [4.69, 9.17) is 11.8 Å². The Morgan fingerprint density at radius 1 is 1.45 bits per heavy atom. The van der Waals surface area contributed by atoms with Crippen LogP contribution in [-0.2, 0) is 0 Å². The molecule has 0 saturated heterocycles. The van der Waals surface area contributed by atoms with Crippen molar-refractivity contribution >= 4 is 38.6 Å². The smallest absolute Gasteiger partial charge is 0.0654 e. The molecule has 0 spiro atoms. The molecular weight excluding hydrogens is 225 g/mol. The van der Waals surface area contributed by atoms with Gasteiger partial charge in [0, 0.05) is 33.9 Å². The minimum atomic E-state index is 0.981. The monoisotopic (exact) mass is 228 g/mol. The Labute approximate surface area is 77.8 Å². The van der Waals surface area contributed by atoms with Crippen molar-refractivity contribution in [3.8, 4) is 0 Å². The van der Waals surface area contributed by atoms with Crippen LogP contribution >= 0.6 is 27.7 Å². The van der Waals surface area contributed by atoms with Gasteiger partial charge in [-0.15, -0.1) is 0 Å². The molecule has 0 fully saturated rings. The summed E-state index contributed by atoms with van der Waals surface area (Å²) in [6, 6.07) is 8.91. The third-order valence-electron chi connectivity index (χ3n) is 1.52. The average molecular weight is 229 g/mol. The van der Waals surface area contributed by atoms with Gasteiger partial charge in [0.25, 0.3) is 0 Å². The lowest BCUT2D eigenvalue weighted by Gasteiger charge is -1.92. The van der Waals surface area contributed by atoms with Crippen molar-refractivity contribution in [2.24, 2.45) is 0 Å². The van der Waals surface area contributed by atoms with E-state index in [1.54, 1.807) is 6.20 Å². The zero-order valence-electron chi connectivity index (χ0n) is 5.51. The first-order valence-electron chi connectivity index (χ1n) is 3.12. The molecule has 11 heavy (non-hydrogen) atoms. The van der Waals surface area contributed by atoms with Crippen LogP contribution in [-0.4, -0.2) is 4.09 Å². The minimum absolute atomic E-state index is 0.981. The molecule has 0 aliphatic heterocycles. The molecule has 3 heteroatoms. The molecule has 1 nitrogen and oxygen atoms in total. The van der Waals surface area contributed by atoms with Gasteiger partial charge in [-0.1, -0.05) is 15.9 Å². The minimum Gasteiger partial charge on any atom is -0.260 e. The number of halogens is 2. The third-order valence-corrected chi connectivity index (χ3v) is 2.30. The number of aromatic nitrogens is 1. The maximum Gasteiger partial charge on any atom is 0.0654 e. The summed E-state index contributed by atoms with van der Waals surface area (Å²) in [5.74, 6) is 0. The van der Waals surface area contributed by atoms with Crippen LogP contribution < -0.4 is 0 Å². The van der Waals surface area contributed by atoms with Crippen molar-refractivity contribution in [1.82, 2.24) is 4.09 Å². The number of hydrogen-bond donors (Lipinski definition) is 0. The van der Waals surface area contributed by atoms with Gasteiger partial charge in [-0.05, 0) is 18.2 Å². The molecule has 1 aromatic heterocycles. The lowest BCUT2D eigenvalue weighted by Crippen LogP contribution is -1.74. The highest BCUT2D eigenvalue weighted by Gasteiger charge is 1.98. The predicted molar refractivity (Wildman–Crippen MR) is 49.7 cm³/mol. The second-order valence-electron chi connectivity index (χ2n) is 2.25. The van der Waals surface area contributed by atoms with E-state index in [0.717, 1.165) is 15.4 Å². The van der Waals surface area contributed by atoms with Crippen LogP contribution in [0.15, 0.2) is 28.9 Å². The number of hydrogen-bond acceptors (Lipinski definition) is 0. The summed E-state index contributed by atoms with van der Waals surface area (Å²) in [4.78, 5) is 0. The summed E-state index contributed by atoms with van der Waals surface area (Å²) in [5.41, 5.74) is 0.981. The summed E-state index contributed by atoms with van der Waals surface area (Å²) in [7, 11) is 0. The molecule has 0 bridgehead atoms. The number of nitrogens with zero attached hydrogens (tertiary/aromatic N) is 1. The predicted octanol–water partition coefficient (Wildman–Crippen LogP) is 3.21. The molecule has 0 unspecified atom stereocenters. The van der Waals surface area contributed by atoms with Gasteiger partial charge in [0.15, 0.2) is 0 Å². The van der Waals surface area contributed by atoms with Crippen LogP contribution in [0, 0.1) is 6.07 Å². The van der Waals surface area contributed by atoms with Gasteiger partial charge in [-0.2, -0.15) is 0 Å². The fourth-order valence-electron chi connectivity index (χ4n) is 1.01. The molecule has 0 atom stereocenters. The van der Waals surface area contributed by atoms with E-state index in [1.807, 2.05) is 18.2 Å². The van der Waals surface area contributed by atoms with Crippen molar-refractivity contribution < 1.29 is 0 Å². The summed E-state index contributed by atoms with van der Waals surface area (Å²) in [5, 5.41) is 1.02. The molecule has 1 radical (unpaired) electrons. The van der Waals surface area contributed by atoms with Crippen molar-refractivity contribution in [3.05, 3.63) is 34.9 Å². The lowest BCUT2D eigenvalue weighted by atomic mass is 10.3. The van der Waals surface area contributed by atoms with Crippen molar-refractivity contribution in [3.63, 3.8) is 0 Å². The normalized spacial score (nSPS) is 10.7. The topological polar surface area (TPSA) is 4.93 Å². The van der Waals surface area contributed by atoms with Gasteiger partial charge in [0.1, 0.15) is 0 Å². The Bertz CT molecular complexity index is 394. The van der Waals surface area contributed by atoms with Crippen molar-refractivity contribution in [2.45, 2.75) is 0 Å². The Kier molecular flexibility index (Phi) is 1.66. The van der Waals surface area contributed by atoms with Gasteiger partial charge in [0.2, 0.25) is 0 Å². The fourth-order valence-corrected chi connectivity index (χ4v) is 1.56. The van der Waals surface area contributed by atoms with Gasteiger partial charge >= 0.3 is 0 Å². The Hall–Kier alpha value is -0.470. The highest BCUT2D eigenvalue weighted by atomic mass is 79.9.